The SMILES string of the molecule is Cc1cc(C(=O)NC2(c3noc(C4CC4)n3)CCCC2)cc(C)c1OCC(=O)O. The summed E-state index contributed by atoms with van der Waals surface area (Å²) in [5.74, 6) is 0.855. The molecule has 1 amide bonds. The van der Waals surface area contributed by atoms with Crippen LogP contribution in [-0.4, -0.2) is 33.7 Å². The summed E-state index contributed by atoms with van der Waals surface area (Å²) in [4.78, 5) is 28.4. The first-order valence-corrected chi connectivity index (χ1v) is 10.0. The molecule has 2 N–H and O–H groups in total. The Morgan fingerprint density at radius 2 is 1.90 bits per heavy atom. The molecule has 29 heavy (non-hydrogen) atoms. The van der Waals surface area contributed by atoms with Crippen LogP contribution in [0.15, 0.2) is 16.7 Å². The third kappa shape index (κ3) is 3.97. The minimum Gasteiger partial charge on any atom is -0.481 e. The summed E-state index contributed by atoms with van der Waals surface area (Å²) in [7, 11) is 0. The number of ether oxygens (including phenoxy) is 1. The Morgan fingerprint density at radius 1 is 1.24 bits per heavy atom. The molecule has 2 saturated carbocycles. The molecule has 0 radical (unpaired) electrons. The lowest BCUT2D eigenvalue weighted by molar-refractivity contribution is -0.139. The van der Waals surface area contributed by atoms with E-state index in [0.29, 0.717) is 40.1 Å². The van der Waals surface area contributed by atoms with E-state index in [4.69, 9.17) is 14.4 Å². The van der Waals surface area contributed by atoms with Crippen LogP contribution in [0, 0.1) is 13.8 Å². The molecule has 0 atom stereocenters. The topological polar surface area (TPSA) is 115 Å². The average molecular weight is 399 g/mol. The molecule has 2 aliphatic carbocycles. The van der Waals surface area contributed by atoms with Crippen molar-refractivity contribution in [3.63, 3.8) is 0 Å². The predicted molar refractivity (Wildman–Crippen MR) is 103 cm³/mol. The highest BCUT2D eigenvalue weighted by molar-refractivity contribution is 5.95. The molecule has 0 aliphatic heterocycles. The fourth-order valence-corrected chi connectivity index (χ4v) is 4.04. The second-order valence-electron chi connectivity index (χ2n) is 8.10. The number of aryl methyl sites for hydroxylation is 2. The minimum absolute atomic E-state index is 0.208. The Labute approximate surface area is 168 Å². The second-order valence-corrected chi connectivity index (χ2v) is 8.10. The second kappa shape index (κ2) is 7.50. The van der Waals surface area contributed by atoms with Crippen LogP contribution in [0.1, 0.15) is 77.6 Å². The number of benzene rings is 1. The van der Waals surface area contributed by atoms with E-state index in [1.165, 1.54) is 0 Å². The molecule has 8 heteroatoms. The van der Waals surface area contributed by atoms with Gasteiger partial charge < -0.3 is 19.7 Å². The quantitative estimate of drug-likeness (QED) is 0.734. The van der Waals surface area contributed by atoms with Gasteiger partial charge in [-0.3, -0.25) is 4.79 Å². The summed E-state index contributed by atoms with van der Waals surface area (Å²) in [6, 6.07) is 3.43. The lowest BCUT2D eigenvalue weighted by Crippen LogP contribution is -2.44. The van der Waals surface area contributed by atoms with Crippen molar-refractivity contribution in [2.45, 2.75) is 63.8 Å². The Bertz CT molecular complexity index is 919. The summed E-state index contributed by atoms with van der Waals surface area (Å²) in [5, 5.41) is 16.2. The zero-order chi connectivity index (χ0) is 20.6. The van der Waals surface area contributed by atoms with Gasteiger partial charge in [0.05, 0.1) is 0 Å². The Hall–Kier alpha value is -2.90. The van der Waals surface area contributed by atoms with E-state index < -0.39 is 18.1 Å². The average Bonchev–Trinajstić information content (AvgIpc) is 3.20. The molecule has 1 heterocycles. The number of carboxylic acids is 1. The van der Waals surface area contributed by atoms with Crippen LogP contribution in [0.4, 0.5) is 0 Å². The molecule has 1 aromatic carbocycles. The lowest BCUT2D eigenvalue weighted by atomic mass is 9.95. The summed E-state index contributed by atoms with van der Waals surface area (Å²) in [5.41, 5.74) is 1.33. The summed E-state index contributed by atoms with van der Waals surface area (Å²) < 4.78 is 10.8. The number of hydrogen-bond donors (Lipinski definition) is 2. The monoisotopic (exact) mass is 399 g/mol. The van der Waals surface area contributed by atoms with Crippen molar-refractivity contribution in [2.24, 2.45) is 0 Å². The van der Waals surface area contributed by atoms with Gasteiger partial charge >= 0.3 is 5.97 Å². The van der Waals surface area contributed by atoms with Gasteiger partial charge in [-0.15, -0.1) is 0 Å². The molecular weight excluding hydrogens is 374 g/mol. The van der Waals surface area contributed by atoms with Gasteiger partial charge in [-0.25, -0.2) is 4.79 Å². The van der Waals surface area contributed by atoms with Crippen LogP contribution >= 0.6 is 0 Å². The Kier molecular flexibility index (Phi) is 5.02. The van der Waals surface area contributed by atoms with E-state index in [2.05, 4.69) is 15.5 Å². The van der Waals surface area contributed by atoms with Crippen molar-refractivity contribution >= 4 is 11.9 Å². The third-order valence-electron chi connectivity index (χ3n) is 5.67. The van der Waals surface area contributed by atoms with Crippen molar-refractivity contribution in [2.75, 3.05) is 6.61 Å². The normalized spacial score (nSPS) is 17.9. The van der Waals surface area contributed by atoms with E-state index in [1.54, 1.807) is 26.0 Å². The Morgan fingerprint density at radius 3 is 2.48 bits per heavy atom. The molecule has 2 aromatic rings. The molecular formula is C21H25N3O5. The van der Waals surface area contributed by atoms with E-state index in [0.717, 1.165) is 38.5 Å². The van der Waals surface area contributed by atoms with E-state index in [9.17, 15) is 9.59 Å². The molecule has 2 fully saturated rings. The molecule has 0 bridgehead atoms. The van der Waals surface area contributed by atoms with Crippen molar-refractivity contribution in [1.29, 1.82) is 0 Å². The van der Waals surface area contributed by atoms with Crippen molar-refractivity contribution in [3.8, 4) is 5.75 Å². The summed E-state index contributed by atoms with van der Waals surface area (Å²) in [6.45, 7) is 3.18. The first kappa shape index (κ1) is 19.4. The fraction of sp³-hybridized carbons (Fsp3) is 0.524. The zero-order valence-corrected chi connectivity index (χ0v) is 16.7. The fourth-order valence-electron chi connectivity index (χ4n) is 4.04. The highest BCUT2D eigenvalue weighted by atomic mass is 16.5. The van der Waals surface area contributed by atoms with Crippen LogP contribution in [0.5, 0.6) is 5.75 Å². The van der Waals surface area contributed by atoms with Gasteiger partial charge in [-0.1, -0.05) is 18.0 Å². The first-order valence-electron chi connectivity index (χ1n) is 10.0. The minimum atomic E-state index is -1.04. The van der Waals surface area contributed by atoms with E-state index >= 15 is 0 Å². The van der Waals surface area contributed by atoms with Crippen LogP contribution in [0.25, 0.3) is 0 Å². The highest BCUT2D eigenvalue weighted by Crippen LogP contribution is 2.42. The van der Waals surface area contributed by atoms with Crippen LogP contribution in [0.3, 0.4) is 0 Å². The van der Waals surface area contributed by atoms with Gasteiger partial charge in [0.25, 0.3) is 5.91 Å². The van der Waals surface area contributed by atoms with Crippen LogP contribution in [0.2, 0.25) is 0 Å². The van der Waals surface area contributed by atoms with Crippen LogP contribution in [-0.2, 0) is 10.3 Å². The predicted octanol–water partition coefficient (Wildman–Crippen LogP) is 3.23. The van der Waals surface area contributed by atoms with Gasteiger partial charge in [0.1, 0.15) is 11.3 Å². The maximum absolute atomic E-state index is 13.1. The number of nitrogens with zero attached hydrogens (tertiary/aromatic N) is 2. The number of carbonyl (C=O) groups excluding carboxylic acids is 1. The van der Waals surface area contributed by atoms with E-state index in [-0.39, 0.29) is 5.91 Å². The number of aromatic nitrogens is 2. The van der Waals surface area contributed by atoms with E-state index in [1.807, 2.05) is 0 Å². The summed E-state index contributed by atoms with van der Waals surface area (Å²) >= 11 is 0. The number of aliphatic carboxylic acids is 1. The highest BCUT2D eigenvalue weighted by Gasteiger charge is 2.43. The van der Waals surface area contributed by atoms with Gasteiger partial charge in [0.15, 0.2) is 12.4 Å². The number of amides is 1. The number of carboxylic acid groups (broad SMARTS) is 1. The Balaban J connectivity index is 1.55. The largest absolute Gasteiger partial charge is 0.481 e. The molecule has 0 unspecified atom stereocenters. The van der Waals surface area contributed by atoms with Gasteiger partial charge in [-0.05, 0) is 62.8 Å². The standard InChI is InChI=1S/C21H25N3O5/c1-12-9-15(10-13(2)17(12)28-11-16(25)26)18(27)23-21(7-3-4-8-21)20-22-19(29-24-20)14-5-6-14/h9-10,14H,3-8,11H2,1-2H3,(H,23,27)(H,25,26). The molecule has 4 rings (SSSR count). The number of hydrogen-bond acceptors (Lipinski definition) is 6. The zero-order valence-electron chi connectivity index (χ0n) is 16.7. The van der Waals surface area contributed by atoms with Crippen molar-refractivity contribution in [3.05, 3.63) is 40.5 Å². The van der Waals surface area contributed by atoms with Gasteiger partial charge in [0.2, 0.25) is 5.89 Å². The number of nitrogens with one attached hydrogen (secondary N) is 1. The molecule has 2 aliphatic rings. The summed E-state index contributed by atoms with van der Waals surface area (Å²) in [6.07, 6.45) is 5.70. The number of rotatable bonds is 7. The molecule has 0 spiro atoms. The van der Waals surface area contributed by atoms with Crippen molar-refractivity contribution < 1.29 is 24.0 Å². The molecule has 154 valence electrons. The third-order valence-corrected chi connectivity index (χ3v) is 5.67. The van der Waals surface area contributed by atoms with Gasteiger partial charge in [0, 0.05) is 11.5 Å². The molecule has 0 saturated heterocycles. The molecule has 8 nitrogen and oxygen atoms in total. The van der Waals surface area contributed by atoms with Crippen LogP contribution < -0.4 is 10.1 Å². The maximum atomic E-state index is 13.1. The van der Waals surface area contributed by atoms with Gasteiger partial charge in [-0.2, -0.15) is 4.98 Å². The molecule has 1 aromatic heterocycles. The maximum Gasteiger partial charge on any atom is 0.341 e. The van der Waals surface area contributed by atoms with Crippen molar-refractivity contribution in [1.82, 2.24) is 15.5 Å². The lowest BCUT2D eigenvalue weighted by Gasteiger charge is -2.27. The number of carbonyl (C=O) groups is 2. The first-order chi connectivity index (χ1) is 13.9. The smallest absolute Gasteiger partial charge is 0.341 e.